The van der Waals surface area contributed by atoms with Crippen molar-refractivity contribution in [1.29, 1.82) is 0 Å². The zero-order valence-corrected chi connectivity index (χ0v) is 10.3. The van der Waals surface area contributed by atoms with E-state index in [1.807, 2.05) is 0 Å². The standard InChI is InChI=1S/C14H27N/c1-2-11-15-14(13-9-10-13)12-7-5-3-4-6-8-12/h12-15H,2-11H2,1H3. The lowest BCUT2D eigenvalue weighted by molar-refractivity contribution is 0.291. The molecule has 2 aliphatic rings. The number of hydrogen-bond acceptors (Lipinski definition) is 1. The van der Waals surface area contributed by atoms with Crippen molar-refractivity contribution in [2.45, 2.75) is 70.8 Å². The molecule has 2 fully saturated rings. The molecular formula is C14H27N. The molecule has 0 radical (unpaired) electrons. The van der Waals surface area contributed by atoms with Crippen molar-refractivity contribution >= 4 is 0 Å². The minimum Gasteiger partial charge on any atom is -0.313 e. The Morgan fingerprint density at radius 1 is 0.933 bits per heavy atom. The molecule has 0 spiro atoms. The zero-order chi connectivity index (χ0) is 10.5. The molecule has 0 amide bonds. The molecule has 88 valence electrons. The average Bonchev–Trinajstić information content (AvgIpc) is 3.05. The second-order valence-electron chi connectivity index (χ2n) is 5.57. The van der Waals surface area contributed by atoms with Crippen LogP contribution in [0.3, 0.4) is 0 Å². The van der Waals surface area contributed by atoms with Crippen LogP contribution >= 0.6 is 0 Å². The van der Waals surface area contributed by atoms with Gasteiger partial charge in [0, 0.05) is 6.04 Å². The lowest BCUT2D eigenvalue weighted by Crippen LogP contribution is -2.38. The minimum absolute atomic E-state index is 0.878. The van der Waals surface area contributed by atoms with E-state index in [2.05, 4.69) is 12.2 Å². The maximum Gasteiger partial charge on any atom is 0.0124 e. The lowest BCUT2D eigenvalue weighted by Gasteiger charge is -2.27. The molecule has 0 aromatic heterocycles. The van der Waals surface area contributed by atoms with Gasteiger partial charge >= 0.3 is 0 Å². The number of nitrogens with one attached hydrogen (secondary N) is 1. The first kappa shape index (κ1) is 11.4. The normalized spacial score (nSPS) is 26.2. The summed E-state index contributed by atoms with van der Waals surface area (Å²) in [5.74, 6) is 2.05. The van der Waals surface area contributed by atoms with Crippen LogP contribution in [0.2, 0.25) is 0 Å². The fraction of sp³-hybridized carbons (Fsp3) is 1.00. The van der Waals surface area contributed by atoms with Crippen molar-refractivity contribution in [2.24, 2.45) is 11.8 Å². The van der Waals surface area contributed by atoms with Crippen LogP contribution in [0.4, 0.5) is 0 Å². The third kappa shape index (κ3) is 3.48. The first-order valence-electron chi connectivity index (χ1n) is 7.15. The van der Waals surface area contributed by atoms with Gasteiger partial charge < -0.3 is 5.32 Å². The summed E-state index contributed by atoms with van der Waals surface area (Å²) in [6.45, 7) is 3.52. The van der Waals surface area contributed by atoms with Crippen LogP contribution in [0.5, 0.6) is 0 Å². The van der Waals surface area contributed by atoms with Crippen molar-refractivity contribution < 1.29 is 0 Å². The van der Waals surface area contributed by atoms with E-state index < -0.39 is 0 Å². The molecule has 1 heteroatoms. The van der Waals surface area contributed by atoms with Crippen LogP contribution in [0, 0.1) is 11.8 Å². The van der Waals surface area contributed by atoms with Gasteiger partial charge in [-0.05, 0) is 50.5 Å². The van der Waals surface area contributed by atoms with Gasteiger partial charge in [0.25, 0.3) is 0 Å². The highest BCUT2D eigenvalue weighted by molar-refractivity contribution is 4.91. The maximum atomic E-state index is 3.83. The van der Waals surface area contributed by atoms with Crippen molar-refractivity contribution in [2.75, 3.05) is 6.54 Å². The SMILES string of the molecule is CCCNC(C1CCCCCC1)C1CC1. The number of rotatable bonds is 5. The Bertz CT molecular complexity index is 166. The molecule has 0 bridgehead atoms. The predicted octanol–water partition coefficient (Wildman–Crippen LogP) is 3.74. The summed E-state index contributed by atoms with van der Waals surface area (Å²) >= 11 is 0. The summed E-state index contributed by atoms with van der Waals surface area (Å²) in [6.07, 6.45) is 13.2. The Morgan fingerprint density at radius 2 is 1.53 bits per heavy atom. The first-order valence-corrected chi connectivity index (χ1v) is 7.15. The topological polar surface area (TPSA) is 12.0 Å². The molecule has 1 N–H and O–H groups in total. The molecule has 0 aliphatic heterocycles. The molecule has 0 aromatic carbocycles. The van der Waals surface area contributed by atoms with Gasteiger partial charge in [0.2, 0.25) is 0 Å². The largest absolute Gasteiger partial charge is 0.313 e. The quantitative estimate of drug-likeness (QED) is 0.680. The fourth-order valence-electron chi connectivity index (χ4n) is 3.15. The Hall–Kier alpha value is -0.0400. The molecule has 0 aromatic rings. The number of hydrogen-bond donors (Lipinski definition) is 1. The van der Waals surface area contributed by atoms with E-state index in [1.165, 1.54) is 64.3 Å². The van der Waals surface area contributed by atoms with Crippen LogP contribution in [0.25, 0.3) is 0 Å². The third-order valence-corrected chi connectivity index (χ3v) is 4.17. The highest BCUT2D eigenvalue weighted by atomic mass is 14.9. The molecule has 2 aliphatic carbocycles. The molecule has 2 rings (SSSR count). The van der Waals surface area contributed by atoms with Crippen LogP contribution in [-0.2, 0) is 0 Å². The van der Waals surface area contributed by atoms with Gasteiger partial charge in [-0.25, -0.2) is 0 Å². The first-order chi connectivity index (χ1) is 7.42. The Balaban J connectivity index is 1.83. The minimum atomic E-state index is 0.878. The van der Waals surface area contributed by atoms with Gasteiger partial charge in [0.05, 0.1) is 0 Å². The highest BCUT2D eigenvalue weighted by Gasteiger charge is 2.35. The molecule has 15 heavy (non-hydrogen) atoms. The van der Waals surface area contributed by atoms with Crippen molar-refractivity contribution in [3.05, 3.63) is 0 Å². The second-order valence-corrected chi connectivity index (χ2v) is 5.57. The fourth-order valence-corrected chi connectivity index (χ4v) is 3.15. The van der Waals surface area contributed by atoms with Crippen LogP contribution in [-0.4, -0.2) is 12.6 Å². The molecule has 1 unspecified atom stereocenters. The summed E-state index contributed by atoms with van der Waals surface area (Å²) < 4.78 is 0. The van der Waals surface area contributed by atoms with E-state index in [0.717, 1.165) is 17.9 Å². The van der Waals surface area contributed by atoms with Crippen LogP contribution in [0.1, 0.15) is 64.7 Å². The Kier molecular flexibility index (Phi) is 4.49. The summed E-state index contributed by atoms with van der Waals surface area (Å²) in [4.78, 5) is 0. The Morgan fingerprint density at radius 3 is 2.07 bits per heavy atom. The van der Waals surface area contributed by atoms with Crippen LogP contribution < -0.4 is 5.32 Å². The highest BCUT2D eigenvalue weighted by Crippen LogP contribution is 2.39. The summed E-state index contributed by atoms with van der Waals surface area (Å²) in [5.41, 5.74) is 0. The van der Waals surface area contributed by atoms with E-state index in [9.17, 15) is 0 Å². The lowest BCUT2D eigenvalue weighted by atomic mass is 9.88. The molecule has 0 saturated heterocycles. The van der Waals surface area contributed by atoms with E-state index in [0.29, 0.717) is 0 Å². The van der Waals surface area contributed by atoms with Gasteiger partial charge in [-0.2, -0.15) is 0 Å². The van der Waals surface area contributed by atoms with Gasteiger partial charge in [0.15, 0.2) is 0 Å². The van der Waals surface area contributed by atoms with Gasteiger partial charge in [-0.1, -0.05) is 32.6 Å². The third-order valence-electron chi connectivity index (χ3n) is 4.17. The second kappa shape index (κ2) is 5.89. The molecule has 1 nitrogen and oxygen atoms in total. The molecular weight excluding hydrogens is 182 g/mol. The average molecular weight is 209 g/mol. The Labute approximate surface area is 95.0 Å². The van der Waals surface area contributed by atoms with Crippen molar-refractivity contribution in [3.8, 4) is 0 Å². The van der Waals surface area contributed by atoms with E-state index in [4.69, 9.17) is 0 Å². The van der Waals surface area contributed by atoms with E-state index in [1.54, 1.807) is 0 Å². The van der Waals surface area contributed by atoms with Gasteiger partial charge in [-0.15, -0.1) is 0 Å². The van der Waals surface area contributed by atoms with Crippen molar-refractivity contribution in [1.82, 2.24) is 5.32 Å². The van der Waals surface area contributed by atoms with Gasteiger partial charge in [0.1, 0.15) is 0 Å². The summed E-state index contributed by atoms with van der Waals surface area (Å²) in [7, 11) is 0. The smallest absolute Gasteiger partial charge is 0.0124 e. The zero-order valence-electron chi connectivity index (χ0n) is 10.3. The van der Waals surface area contributed by atoms with E-state index in [-0.39, 0.29) is 0 Å². The van der Waals surface area contributed by atoms with Crippen molar-refractivity contribution in [3.63, 3.8) is 0 Å². The molecule has 2 saturated carbocycles. The molecule has 1 atom stereocenters. The monoisotopic (exact) mass is 209 g/mol. The predicted molar refractivity (Wildman–Crippen MR) is 66.0 cm³/mol. The maximum absolute atomic E-state index is 3.83. The van der Waals surface area contributed by atoms with Crippen LogP contribution in [0.15, 0.2) is 0 Å². The van der Waals surface area contributed by atoms with Gasteiger partial charge in [-0.3, -0.25) is 0 Å². The molecule has 0 heterocycles. The van der Waals surface area contributed by atoms with E-state index >= 15 is 0 Å². The summed E-state index contributed by atoms with van der Waals surface area (Å²) in [6, 6.07) is 0.878. The summed E-state index contributed by atoms with van der Waals surface area (Å²) in [5, 5.41) is 3.83.